The van der Waals surface area contributed by atoms with Crippen LogP contribution in [-0.2, 0) is 0 Å². The van der Waals surface area contributed by atoms with Gasteiger partial charge in [0.1, 0.15) is 5.82 Å². The molecule has 2 aromatic carbocycles. The van der Waals surface area contributed by atoms with E-state index in [1.165, 1.54) is 12.1 Å². The second-order valence-corrected chi connectivity index (χ2v) is 4.91. The Bertz CT molecular complexity index is 776. The monoisotopic (exact) mass is 269 g/mol. The molecule has 0 amide bonds. The van der Waals surface area contributed by atoms with Gasteiger partial charge in [0.05, 0.1) is 17.1 Å². The van der Waals surface area contributed by atoms with Gasteiger partial charge in [-0.2, -0.15) is 0 Å². The molecule has 4 heteroatoms. The molecule has 3 rings (SSSR count). The van der Waals surface area contributed by atoms with Crippen LogP contribution in [0.15, 0.2) is 42.5 Å². The third-order valence-corrected chi connectivity index (χ3v) is 3.55. The maximum atomic E-state index is 13.5. The molecule has 1 heterocycles. The Kier molecular flexibility index (Phi) is 2.86. The minimum Gasteiger partial charge on any atom is -0.397 e. The number of aromatic amines is 1. The smallest absolute Gasteiger partial charge is 0.125 e. The topological polar surface area (TPSA) is 45.0 Å². The highest BCUT2D eigenvalue weighted by molar-refractivity contribution is 5.97. The van der Waals surface area contributed by atoms with Gasteiger partial charge in [0.25, 0.3) is 0 Å². The van der Waals surface area contributed by atoms with Crippen molar-refractivity contribution in [2.75, 3.05) is 17.7 Å². The summed E-state index contributed by atoms with van der Waals surface area (Å²) in [6.45, 7) is 2.00. The van der Waals surface area contributed by atoms with Crippen molar-refractivity contribution in [3.8, 4) is 0 Å². The Morgan fingerprint density at radius 2 is 1.90 bits per heavy atom. The number of nitrogens with zero attached hydrogens (tertiary/aromatic N) is 1. The summed E-state index contributed by atoms with van der Waals surface area (Å²) in [5, 5.41) is 1.09. The maximum Gasteiger partial charge on any atom is 0.125 e. The zero-order valence-electron chi connectivity index (χ0n) is 11.4. The first-order chi connectivity index (χ1) is 9.58. The molecule has 3 nitrogen and oxygen atoms in total. The van der Waals surface area contributed by atoms with Crippen LogP contribution in [0, 0.1) is 12.7 Å². The van der Waals surface area contributed by atoms with Gasteiger partial charge in [0.2, 0.25) is 0 Å². The molecule has 20 heavy (non-hydrogen) atoms. The van der Waals surface area contributed by atoms with E-state index in [-0.39, 0.29) is 5.82 Å². The Morgan fingerprint density at radius 3 is 2.70 bits per heavy atom. The lowest BCUT2D eigenvalue weighted by Gasteiger charge is -2.21. The van der Waals surface area contributed by atoms with Crippen LogP contribution < -0.4 is 10.6 Å². The average Bonchev–Trinajstić information content (AvgIpc) is 2.76. The average molecular weight is 269 g/mol. The van der Waals surface area contributed by atoms with E-state index in [4.69, 9.17) is 5.73 Å². The van der Waals surface area contributed by atoms with Crippen molar-refractivity contribution in [2.24, 2.45) is 0 Å². The van der Waals surface area contributed by atoms with Gasteiger partial charge >= 0.3 is 0 Å². The van der Waals surface area contributed by atoms with E-state index in [0.29, 0.717) is 11.4 Å². The fourth-order valence-electron chi connectivity index (χ4n) is 2.62. The Balaban J connectivity index is 2.20. The predicted octanol–water partition coefficient (Wildman–Crippen LogP) is 3.97. The Labute approximate surface area is 116 Å². The number of aryl methyl sites for hydroxylation is 1. The molecule has 3 aromatic rings. The third kappa shape index (κ3) is 1.90. The van der Waals surface area contributed by atoms with Gasteiger partial charge < -0.3 is 15.6 Å². The highest BCUT2D eigenvalue weighted by atomic mass is 19.1. The van der Waals surface area contributed by atoms with Crippen LogP contribution in [-0.4, -0.2) is 12.0 Å². The van der Waals surface area contributed by atoms with Crippen LogP contribution in [0.1, 0.15) is 5.69 Å². The predicted molar refractivity (Wildman–Crippen MR) is 81.9 cm³/mol. The summed E-state index contributed by atoms with van der Waals surface area (Å²) in [6.07, 6.45) is 0. The number of benzene rings is 2. The highest BCUT2D eigenvalue weighted by Gasteiger charge is 2.15. The molecule has 0 atom stereocenters. The summed E-state index contributed by atoms with van der Waals surface area (Å²) >= 11 is 0. The lowest BCUT2D eigenvalue weighted by molar-refractivity contribution is 0.628. The Hall–Kier alpha value is -2.49. The normalized spacial score (nSPS) is 10.9. The quantitative estimate of drug-likeness (QED) is 0.691. The fourth-order valence-corrected chi connectivity index (χ4v) is 2.62. The van der Waals surface area contributed by atoms with Crippen LogP contribution >= 0.6 is 0 Å². The van der Waals surface area contributed by atoms with Crippen molar-refractivity contribution in [3.05, 3.63) is 54.0 Å². The number of H-pyrrole nitrogens is 1. The number of para-hydroxylation sites is 1. The van der Waals surface area contributed by atoms with Crippen LogP contribution in [0.25, 0.3) is 10.9 Å². The van der Waals surface area contributed by atoms with Gasteiger partial charge in [-0.15, -0.1) is 0 Å². The third-order valence-electron chi connectivity index (χ3n) is 3.55. The second-order valence-electron chi connectivity index (χ2n) is 4.91. The number of anilines is 3. The number of fused-ring (bicyclic) bond motifs is 1. The van der Waals surface area contributed by atoms with Gasteiger partial charge in [0.15, 0.2) is 0 Å². The van der Waals surface area contributed by atoms with Crippen LogP contribution in [0.3, 0.4) is 0 Å². The van der Waals surface area contributed by atoms with Gasteiger partial charge in [0, 0.05) is 23.6 Å². The number of nitrogens with two attached hydrogens (primary N) is 1. The SMILES string of the molecule is Cc1[nH]c2ccccc2c1N(C)c1cc(F)ccc1N. The largest absolute Gasteiger partial charge is 0.397 e. The van der Waals surface area contributed by atoms with E-state index in [9.17, 15) is 4.39 Å². The molecular weight excluding hydrogens is 253 g/mol. The van der Waals surface area contributed by atoms with Crippen LogP contribution in [0.5, 0.6) is 0 Å². The van der Waals surface area contributed by atoms with Crippen molar-refractivity contribution in [2.45, 2.75) is 6.92 Å². The lowest BCUT2D eigenvalue weighted by atomic mass is 10.1. The number of halogens is 1. The number of aromatic nitrogens is 1. The molecule has 0 unspecified atom stereocenters. The summed E-state index contributed by atoms with van der Waals surface area (Å²) < 4.78 is 13.5. The van der Waals surface area contributed by atoms with Crippen molar-refractivity contribution in [3.63, 3.8) is 0 Å². The van der Waals surface area contributed by atoms with Crippen molar-refractivity contribution < 1.29 is 4.39 Å². The number of nitrogens with one attached hydrogen (secondary N) is 1. The molecule has 0 bridgehead atoms. The summed E-state index contributed by atoms with van der Waals surface area (Å²) in [4.78, 5) is 5.26. The molecule has 3 N–H and O–H groups in total. The number of hydrogen-bond donors (Lipinski definition) is 2. The van der Waals surface area contributed by atoms with Crippen molar-refractivity contribution >= 4 is 28.0 Å². The zero-order chi connectivity index (χ0) is 14.3. The molecule has 0 spiro atoms. The molecule has 102 valence electrons. The van der Waals surface area contributed by atoms with Gasteiger partial charge in [-0.05, 0) is 31.2 Å². The standard InChI is InChI=1S/C16H16FN3/c1-10-16(12-5-3-4-6-14(12)19-10)20(2)15-9-11(17)7-8-13(15)18/h3-9,19H,18H2,1-2H3. The molecular formula is C16H16FN3. The van der Waals surface area contributed by atoms with Crippen molar-refractivity contribution in [1.29, 1.82) is 0 Å². The van der Waals surface area contributed by atoms with Crippen LogP contribution in [0.4, 0.5) is 21.5 Å². The van der Waals surface area contributed by atoms with E-state index in [1.54, 1.807) is 6.07 Å². The number of rotatable bonds is 2. The van der Waals surface area contributed by atoms with Gasteiger partial charge in [-0.3, -0.25) is 0 Å². The molecule has 0 saturated carbocycles. The first-order valence-electron chi connectivity index (χ1n) is 6.44. The molecule has 1 aromatic heterocycles. The van der Waals surface area contributed by atoms with Gasteiger partial charge in [-0.25, -0.2) is 4.39 Å². The number of nitrogen functional groups attached to an aromatic ring is 1. The van der Waals surface area contributed by atoms with E-state index in [0.717, 1.165) is 22.3 Å². The minimum atomic E-state index is -0.293. The molecule has 0 aliphatic heterocycles. The maximum absolute atomic E-state index is 13.5. The van der Waals surface area contributed by atoms with E-state index in [2.05, 4.69) is 4.98 Å². The molecule has 0 aliphatic carbocycles. The summed E-state index contributed by atoms with van der Waals surface area (Å²) in [5.41, 5.74) is 10.3. The summed E-state index contributed by atoms with van der Waals surface area (Å²) in [7, 11) is 1.90. The minimum absolute atomic E-state index is 0.293. The Morgan fingerprint density at radius 1 is 1.15 bits per heavy atom. The van der Waals surface area contributed by atoms with Crippen LogP contribution in [0.2, 0.25) is 0 Å². The van der Waals surface area contributed by atoms with E-state index < -0.39 is 0 Å². The molecule has 0 radical (unpaired) electrons. The lowest BCUT2D eigenvalue weighted by Crippen LogP contribution is -2.12. The molecule has 0 aliphatic rings. The second kappa shape index (κ2) is 4.56. The molecule has 0 saturated heterocycles. The first kappa shape index (κ1) is 12.5. The molecule has 0 fully saturated rings. The number of hydrogen-bond acceptors (Lipinski definition) is 2. The zero-order valence-corrected chi connectivity index (χ0v) is 11.4. The fraction of sp³-hybridized carbons (Fsp3) is 0.125. The highest BCUT2D eigenvalue weighted by Crippen LogP contribution is 2.36. The summed E-state index contributed by atoms with van der Waals surface area (Å²) in [5.74, 6) is -0.293. The van der Waals surface area contributed by atoms with Gasteiger partial charge in [-0.1, -0.05) is 18.2 Å². The van der Waals surface area contributed by atoms with Crippen molar-refractivity contribution in [1.82, 2.24) is 4.98 Å². The first-order valence-corrected chi connectivity index (χ1v) is 6.44. The van der Waals surface area contributed by atoms with E-state index >= 15 is 0 Å². The van der Waals surface area contributed by atoms with E-state index in [1.807, 2.05) is 43.1 Å². The summed E-state index contributed by atoms with van der Waals surface area (Å²) in [6, 6.07) is 12.5.